The molecule has 0 unspecified atom stereocenters. The molecule has 0 aromatic heterocycles. The maximum atomic E-state index is 12.1. The molecule has 0 bridgehead atoms. The predicted octanol–water partition coefficient (Wildman–Crippen LogP) is 4.03. The largest absolute Gasteiger partial charge is 0.483 e. The van der Waals surface area contributed by atoms with Gasteiger partial charge in [0.1, 0.15) is 11.3 Å². The summed E-state index contributed by atoms with van der Waals surface area (Å²) < 4.78 is 81.2. The van der Waals surface area contributed by atoms with Crippen LogP contribution in [0.3, 0.4) is 0 Å². The van der Waals surface area contributed by atoms with Crippen LogP contribution < -0.4 is 9.47 Å². The van der Waals surface area contributed by atoms with E-state index >= 15 is 0 Å². The molecule has 0 fully saturated rings. The van der Waals surface area contributed by atoms with Crippen LogP contribution in [-0.4, -0.2) is 36.6 Å². The van der Waals surface area contributed by atoms with Crippen molar-refractivity contribution in [2.24, 2.45) is 0 Å². The summed E-state index contributed by atoms with van der Waals surface area (Å²) in [4.78, 5) is 11.1. The lowest BCUT2D eigenvalue weighted by Gasteiger charge is -2.16. The fourth-order valence-corrected chi connectivity index (χ4v) is 1.76. The third-order valence-electron chi connectivity index (χ3n) is 2.06. The molecule has 1 aromatic rings. The van der Waals surface area contributed by atoms with Crippen molar-refractivity contribution in [2.45, 2.75) is 12.4 Å². The highest BCUT2D eigenvalue weighted by molar-refractivity contribution is 9.10. The van der Waals surface area contributed by atoms with Crippen LogP contribution in [0.5, 0.6) is 11.5 Å². The van der Waals surface area contributed by atoms with Gasteiger partial charge in [0.2, 0.25) is 0 Å². The molecule has 1 N–H and O–H groups in total. The molecule has 0 heterocycles. The second kappa shape index (κ2) is 6.63. The molecule has 4 nitrogen and oxygen atoms in total. The number of hydrogen-bond acceptors (Lipinski definition) is 3. The van der Waals surface area contributed by atoms with Gasteiger partial charge in [-0.1, -0.05) is 0 Å². The summed E-state index contributed by atoms with van der Waals surface area (Å²) in [6, 6.07) is 1.89. The van der Waals surface area contributed by atoms with Crippen LogP contribution in [0, 0.1) is 0 Å². The van der Waals surface area contributed by atoms with E-state index in [1.54, 1.807) is 0 Å². The standard InChI is InChI=1S/C11H7BrF6O4/c12-5-1-2-6(21-3-10(13,14)15)7(9(19)20)8(5)22-4-11(16,17)18/h1-2H,3-4H2,(H,19,20). The van der Waals surface area contributed by atoms with Crippen LogP contribution in [0.4, 0.5) is 26.3 Å². The molecule has 0 amide bonds. The first-order valence-electron chi connectivity index (χ1n) is 5.35. The summed E-state index contributed by atoms with van der Waals surface area (Å²) in [5.41, 5.74) is -0.942. The number of hydrogen-bond donors (Lipinski definition) is 1. The van der Waals surface area contributed by atoms with E-state index in [2.05, 4.69) is 25.4 Å². The number of carboxylic acid groups (broad SMARTS) is 1. The SMILES string of the molecule is O=C(O)c1c(OCC(F)(F)F)ccc(Br)c1OCC(F)(F)F. The van der Waals surface area contributed by atoms with Crippen LogP contribution in [-0.2, 0) is 0 Å². The van der Waals surface area contributed by atoms with E-state index in [0.717, 1.165) is 12.1 Å². The van der Waals surface area contributed by atoms with Gasteiger partial charge in [-0.15, -0.1) is 0 Å². The monoisotopic (exact) mass is 396 g/mol. The van der Waals surface area contributed by atoms with Gasteiger partial charge >= 0.3 is 18.3 Å². The number of benzene rings is 1. The number of aromatic carboxylic acids is 1. The Kier molecular flexibility index (Phi) is 5.54. The summed E-state index contributed by atoms with van der Waals surface area (Å²) in [5, 5.41) is 8.99. The van der Waals surface area contributed by atoms with Gasteiger partial charge in [-0.3, -0.25) is 0 Å². The number of halogens is 7. The topological polar surface area (TPSA) is 55.8 Å². The summed E-state index contributed by atoms with van der Waals surface area (Å²) in [6.45, 7) is -3.61. The van der Waals surface area contributed by atoms with Crippen molar-refractivity contribution < 1.29 is 45.7 Å². The zero-order valence-electron chi connectivity index (χ0n) is 10.4. The van der Waals surface area contributed by atoms with E-state index in [1.165, 1.54) is 0 Å². The van der Waals surface area contributed by atoms with Gasteiger partial charge in [-0.25, -0.2) is 4.79 Å². The van der Waals surface area contributed by atoms with Crippen molar-refractivity contribution in [1.29, 1.82) is 0 Å². The van der Waals surface area contributed by atoms with Crippen LogP contribution in [0.15, 0.2) is 16.6 Å². The number of rotatable bonds is 5. The summed E-state index contributed by atoms with van der Waals surface area (Å²) in [5.74, 6) is -3.33. The first-order chi connectivity index (χ1) is 9.91. The van der Waals surface area contributed by atoms with Gasteiger partial charge in [0.25, 0.3) is 0 Å². The Morgan fingerprint density at radius 3 is 2.00 bits per heavy atom. The Hall–Kier alpha value is -1.65. The maximum Gasteiger partial charge on any atom is 0.422 e. The zero-order chi connectivity index (χ0) is 17.1. The average Bonchev–Trinajstić information content (AvgIpc) is 2.32. The molecule has 0 aliphatic rings. The van der Waals surface area contributed by atoms with Crippen molar-refractivity contribution in [3.05, 3.63) is 22.2 Å². The van der Waals surface area contributed by atoms with E-state index in [4.69, 9.17) is 5.11 Å². The number of ether oxygens (including phenoxy) is 2. The first kappa shape index (κ1) is 18.4. The van der Waals surface area contributed by atoms with Gasteiger partial charge in [0, 0.05) is 0 Å². The molecule has 0 radical (unpaired) electrons. The molecule has 0 saturated heterocycles. The van der Waals surface area contributed by atoms with Crippen molar-refractivity contribution >= 4 is 21.9 Å². The van der Waals surface area contributed by atoms with Gasteiger partial charge in [-0.05, 0) is 28.1 Å². The normalized spacial score (nSPS) is 12.1. The fourth-order valence-electron chi connectivity index (χ4n) is 1.32. The molecule has 1 aromatic carbocycles. The fraction of sp³-hybridized carbons (Fsp3) is 0.364. The lowest BCUT2D eigenvalue weighted by Crippen LogP contribution is -2.22. The summed E-state index contributed by atoms with van der Waals surface area (Å²) in [7, 11) is 0. The van der Waals surface area contributed by atoms with Crippen LogP contribution in [0.25, 0.3) is 0 Å². The van der Waals surface area contributed by atoms with Gasteiger partial charge in [0.15, 0.2) is 19.0 Å². The van der Waals surface area contributed by atoms with Crippen molar-refractivity contribution in [3.63, 3.8) is 0 Å². The van der Waals surface area contributed by atoms with E-state index in [9.17, 15) is 31.1 Å². The van der Waals surface area contributed by atoms with Crippen LogP contribution >= 0.6 is 15.9 Å². The first-order valence-corrected chi connectivity index (χ1v) is 6.15. The third kappa shape index (κ3) is 5.62. The minimum absolute atomic E-state index is 0.173. The Bertz CT molecular complexity index is 555. The van der Waals surface area contributed by atoms with E-state index < -0.39 is 48.6 Å². The van der Waals surface area contributed by atoms with Crippen molar-refractivity contribution in [1.82, 2.24) is 0 Å². The Morgan fingerprint density at radius 1 is 1.05 bits per heavy atom. The van der Waals surface area contributed by atoms with Gasteiger partial charge in [0.05, 0.1) is 4.47 Å². The molecular formula is C11H7BrF6O4. The molecule has 1 rings (SSSR count). The summed E-state index contributed by atoms with van der Waals surface area (Å²) >= 11 is 2.77. The highest BCUT2D eigenvalue weighted by atomic mass is 79.9. The second-order valence-corrected chi connectivity index (χ2v) is 4.72. The molecule has 0 spiro atoms. The number of carbonyl (C=O) groups is 1. The van der Waals surface area contributed by atoms with E-state index in [0.29, 0.717) is 0 Å². The number of alkyl halides is 6. The molecule has 11 heteroatoms. The predicted molar refractivity (Wildman–Crippen MR) is 64.2 cm³/mol. The third-order valence-corrected chi connectivity index (χ3v) is 2.68. The molecular weight excluding hydrogens is 390 g/mol. The molecule has 0 saturated carbocycles. The maximum absolute atomic E-state index is 12.1. The average molecular weight is 397 g/mol. The lowest BCUT2D eigenvalue weighted by atomic mass is 10.2. The Labute approximate surface area is 127 Å². The number of carboxylic acids is 1. The molecule has 0 aliphatic heterocycles. The minimum atomic E-state index is -4.75. The van der Waals surface area contributed by atoms with Crippen molar-refractivity contribution in [2.75, 3.05) is 13.2 Å². The zero-order valence-corrected chi connectivity index (χ0v) is 12.0. The van der Waals surface area contributed by atoms with Gasteiger partial charge < -0.3 is 14.6 Å². The quantitative estimate of drug-likeness (QED) is 0.763. The highest BCUT2D eigenvalue weighted by Crippen LogP contribution is 2.37. The van der Waals surface area contributed by atoms with Crippen LogP contribution in [0.2, 0.25) is 0 Å². The molecule has 0 atom stereocenters. The molecule has 124 valence electrons. The van der Waals surface area contributed by atoms with E-state index in [-0.39, 0.29) is 4.47 Å². The minimum Gasteiger partial charge on any atom is -0.483 e. The Morgan fingerprint density at radius 2 is 1.55 bits per heavy atom. The molecule has 22 heavy (non-hydrogen) atoms. The highest BCUT2D eigenvalue weighted by Gasteiger charge is 2.32. The van der Waals surface area contributed by atoms with Gasteiger partial charge in [-0.2, -0.15) is 26.3 Å². The molecule has 0 aliphatic carbocycles. The lowest BCUT2D eigenvalue weighted by molar-refractivity contribution is -0.154. The second-order valence-electron chi connectivity index (χ2n) is 3.86. The summed E-state index contributed by atoms with van der Waals surface area (Å²) in [6.07, 6.45) is -9.49. The van der Waals surface area contributed by atoms with Crippen molar-refractivity contribution in [3.8, 4) is 11.5 Å². The Balaban J connectivity index is 3.16. The smallest absolute Gasteiger partial charge is 0.422 e. The van der Waals surface area contributed by atoms with E-state index in [1.807, 2.05) is 0 Å². The van der Waals surface area contributed by atoms with Crippen LogP contribution in [0.1, 0.15) is 10.4 Å².